The molecule has 1 N–H and O–H groups in total. The van der Waals surface area contributed by atoms with Gasteiger partial charge in [0.05, 0.1) is 0 Å². The van der Waals surface area contributed by atoms with Gasteiger partial charge in [-0.05, 0) is 55.9 Å². The Kier molecular flexibility index (Phi) is 3.68. The molecule has 0 atom stereocenters. The molecule has 2 fully saturated rings. The van der Waals surface area contributed by atoms with E-state index in [2.05, 4.69) is 13.0 Å². The number of hydrogen-bond donors (Lipinski definition) is 1. The van der Waals surface area contributed by atoms with Crippen LogP contribution >= 0.6 is 0 Å². The number of aliphatic hydroxyl groups is 1. The fourth-order valence-corrected chi connectivity index (χ4v) is 3.50. The summed E-state index contributed by atoms with van der Waals surface area (Å²) < 4.78 is 0. The zero-order chi connectivity index (χ0) is 14.2. The molecule has 0 aliphatic heterocycles. The molecule has 0 amide bonds. The van der Waals surface area contributed by atoms with Crippen molar-refractivity contribution in [2.24, 2.45) is 5.92 Å². The molecular formula is C18H24O2. The van der Waals surface area contributed by atoms with Crippen molar-refractivity contribution < 1.29 is 9.90 Å². The molecule has 0 aromatic heterocycles. The third kappa shape index (κ3) is 2.42. The SMILES string of the molecule is CC1CCC(O)(C(=O)c2ccccc2C2CCC2)CC1. The molecule has 2 aliphatic carbocycles. The Labute approximate surface area is 121 Å². The van der Waals surface area contributed by atoms with E-state index in [1.807, 2.05) is 18.2 Å². The molecule has 2 nitrogen and oxygen atoms in total. The Hall–Kier alpha value is -1.15. The molecule has 2 heteroatoms. The van der Waals surface area contributed by atoms with Crippen molar-refractivity contribution in [3.05, 3.63) is 35.4 Å². The lowest BCUT2D eigenvalue weighted by Gasteiger charge is -2.35. The molecule has 0 heterocycles. The van der Waals surface area contributed by atoms with Crippen molar-refractivity contribution in [3.63, 3.8) is 0 Å². The fraction of sp³-hybridized carbons (Fsp3) is 0.611. The van der Waals surface area contributed by atoms with Crippen LogP contribution in [-0.4, -0.2) is 16.5 Å². The second kappa shape index (κ2) is 5.33. The van der Waals surface area contributed by atoms with E-state index in [0.29, 0.717) is 24.7 Å². The average molecular weight is 272 g/mol. The Morgan fingerprint density at radius 2 is 1.80 bits per heavy atom. The number of carbonyl (C=O) groups is 1. The van der Waals surface area contributed by atoms with Crippen molar-refractivity contribution in [1.29, 1.82) is 0 Å². The summed E-state index contributed by atoms with van der Waals surface area (Å²) in [7, 11) is 0. The maximum absolute atomic E-state index is 12.8. The van der Waals surface area contributed by atoms with Gasteiger partial charge in [0.1, 0.15) is 5.60 Å². The van der Waals surface area contributed by atoms with Crippen LogP contribution < -0.4 is 0 Å². The maximum atomic E-state index is 12.8. The van der Waals surface area contributed by atoms with Crippen LogP contribution in [0, 0.1) is 5.92 Å². The highest BCUT2D eigenvalue weighted by Crippen LogP contribution is 2.40. The summed E-state index contributed by atoms with van der Waals surface area (Å²) >= 11 is 0. The molecule has 0 saturated heterocycles. The summed E-state index contributed by atoms with van der Waals surface area (Å²) in [4.78, 5) is 12.8. The second-order valence-electron chi connectivity index (χ2n) is 6.76. The van der Waals surface area contributed by atoms with Crippen molar-refractivity contribution in [3.8, 4) is 0 Å². The van der Waals surface area contributed by atoms with Crippen LogP contribution in [0.3, 0.4) is 0 Å². The number of benzene rings is 1. The van der Waals surface area contributed by atoms with E-state index in [0.717, 1.165) is 24.0 Å². The van der Waals surface area contributed by atoms with Crippen molar-refractivity contribution in [2.75, 3.05) is 0 Å². The molecule has 2 aliphatic rings. The van der Waals surface area contributed by atoms with Crippen molar-refractivity contribution in [2.45, 2.75) is 63.4 Å². The monoisotopic (exact) mass is 272 g/mol. The summed E-state index contributed by atoms with van der Waals surface area (Å²) in [5.74, 6) is 1.12. The van der Waals surface area contributed by atoms with Crippen LogP contribution in [0.2, 0.25) is 0 Å². The van der Waals surface area contributed by atoms with Gasteiger partial charge in [-0.3, -0.25) is 4.79 Å². The third-order valence-electron chi connectivity index (χ3n) is 5.27. The van der Waals surface area contributed by atoms with Crippen molar-refractivity contribution >= 4 is 5.78 Å². The lowest BCUT2D eigenvalue weighted by atomic mass is 9.72. The highest BCUT2D eigenvalue weighted by atomic mass is 16.3. The number of ketones is 1. The van der Waals surface area contributed by atoms with Gasteiger partial charge in [-0.1, -0.05) is 37.6 Å². The van der Waals surface area contributed by atoms with Gasteiger partial charge in [0.2, 0.25) is 0 Å². The van der Waals surface area contributed by atoms with Gasteiger partial charge in [-0.25, -0.2) is 0 Å². The zero-order valence-corrected chi connectivity index (χ0v) is 12.3. The van der Waals surface area contributed by atoms with Gasteiger partial charge in [0, 0.05) is 5.56 Å². The smallest absolute Gasteiger partial charge is 0.194 e. The molecule has 1 aromatic carbocycles. The predicted molar refractivity (Wildman–Crippen MR) is 79.9 cm³/mol. The maximum Gasteiger partial charge on any atom is 0.194 e. The molecule has 1 aromatic rings. The van der Waals surface area contributed by atoms with Crippen LogP contribution in [0.4, 0.5) is 0 Å². The van der Waals surface area contributed by atoms with Gasteiger partial charge in [-0.15, -0.1) is 0 Å². The van der Waals surface area contributed by atoms with Crippen LogP contribution in [0.5, 0.6) is 0 Å². The first kappa shape index (κ1) is 13.8. The van der Waals surface area contributed by atoms with Gasteiger partial charge >= 0.3 is 0 Å². The van der Waals surface area contributed by atoms with Crippen LogP contribution in [0.25, 0.3) is 0 Å². The van der Waals surface area contributed by atoms with E-state index in [-0.39, 0.29) is 5.78 Å². The topological polar surface area (TPSA) is 37.3 Å². The Balaban J connectivity index is 1.86. The Morgan fingerprint density at radius 3 is 2.40 bits per heavy atom. The second-order valence-corrected chi connectivity index (χ2v) is 6.76. The van der Waals surface area contributed by atoms with E-state index in [1.165, 1.54) is 19.3 Å². The molecule has 0 bridgehead atoms. The number of hydrogen-bond acceptors (Lipinski definition) is 2. The number of rotatable bonds is 3. The first-order chi connectivity index (χ1) is 9.60. The third-order valence-corrected chi connectivity index (χ3v) is 5.27. The van der Waals surface area contributed by atoms with E-state index < -0.39 is 5.60 Å². The van der Waals surface area contributed by atoms with Crippen LogP contribution in [0.1, 0.15) is 73.7 Å². The minimum Gasteiger partial charge on any atom is -0.382 e. The average Bonchev–Trinajstić information content (AvgIpc) is 2.40. The minimum absolute atomic E-state index is 0.0353. The predicted octanol–water partition coefficient (Wildman–Crippen LogP) is 4.08. The van der Waals surface area contributed by atoms with E-state index in [9.17, 15) is 9.90 Å². The van der Waals surface area contributed by atoms with Gasteiger partial charge in [0.25, 0.3) is 0 Å². The highest BCUT2D eigenvalue weighted by molar-refractivity contribution is 6.03. The molecule has 2 saturated carbocycles. The first-order valence-electron chi connectivity index (χ1n) is 7.96. The quantitative estimate of drug-likeness (QED) is 0.842. The lowest BCUT2D eigenvalue weighted by Crippen LogP contribution is -2.42. The fourth-order valence-electron chi connectivity index (χ4n) is 3.50. The molecule has 0 radical (unpaired) electrons. The molecule has 0 unspecified atom stereocenters. The number of carbonyl (C=O) groups excluding carboxylic acids is 1. The standard InChI is InChI=1S/C18H24O2/c1-13-9-11-18(20,12-10-13)17(19)16-8-3-2-7-15(16)14-5-4-6-14/h2-3,7-8,13-14,20H,4-6,9-12H2,1H3. The number of Topliss-reactive ketones (excluding diaryl/α,β-unsaturated/α-hetero) is 1. The van der Waals surface area contributed by atoms with Gasteiger partial charge in [0.15, 0.2) is 5.78 Å². The summed E-state index contributed by atoms with van der Waals surface area (Å²) in [6.07, 6.45) is 6.76. The molecule has 3 rings (SSSR count). The molecule has 0 spiro atoms. The molecule has 108 valence electrons. The highest BCUT2D eigenvalue weighted by Gasteiger charge is 2.40. The Morgan fingerprint density at radius 1 is 1.15 bits per heavy atom. The van der Waals surface area contributed by atoms with E-state index in [1.54, 1.807) is 0 Å². The van der Waals surface area contributed by atoms with E-state index >= 15 is 0 Å². The Bertz CT molecular complexity index is 494. The van der Waals surface area contributed by atoms with Crippen LogP contribution in [-0.2, 0) is 0 Å². The zero-order valence-electron chi connectivity index (χ0n) is 12.3. The summed E-state index contributed by atoms with van der Waals surface area (Å²) in [5.41, 5.74) is 0.817. The van der Waals surface area contributed by atoms with E-state index in [4.69, 9.17) is 0 Å². The summed E-state index contributed by atoms with van der Waals surface area (Å²) in [6, 6.07) is 7.92. The minimum atomic E-state index is -1.12. The lowest BCUT2D eigenvalue weighted by molar-refractivity contribution is 0.00411. The normalized spacial score (nSPS) is 30.8. The van der Waals surface area contributed by atoms with Gasteiger partial charge in [-0.2, -0.15) is 0 Å². The van der Waals surface area contributed by atoms with Crippen molar-refractivity contribution in [1.82, 2.24) is 0 Å². The largest absolute Gasteiger partial charge is 0.382 e. The van der Waals surface area contributed by atoms with Crippen LogP contribution in [0.15, 0.2) is 24.3 Å². The molecular weight excluding hydrogens is 248 g/mol. The summed E-state index contributed by atoms with van der Waals surface area (Å²) in [6.45, 7) is 2.20. The summed E-state index contributed by atoms with van der Waals surface area (Å²) in [5, 5.41) is 10.8. The first-order valence-corrected chi connectivity index (χ1v) is 7.96. The molecule has 20 heavy (non-hydrogen) atoms. The van der Waals surface area contributed by atoms with Gasteiger partial charge < -0.3 is 5.11 Å².